The van der Waals surface area contributed by atoms with Gasteiger partial charge in [-0.2, -0.15) is 0 Å². The molecular formula is C15H22N2O2. The summed E-state index contributed by atoms with van der Waals surface area (Å²) in [5, 5.41) is 12.1. The van der Waals surface area contributed by atoms with Crippen LogP contribution in [-0.4, -0.2) is 42.2 Å². The SMILES string of the molecule is CN(CCNCc1ccc(CC(=O)O)cc1)C1CC1. The summed E-state index contributed by atoms with van der Waals surface area (Å²) in [5.74, 6) is -0.783. The lowest BCUT2D eigenvalue weighted by Gasteiger charge is -2.15. The molecule has 0 saturated heterocycles. The van der Waals surface area contributed by atoms with Crippen LogP contribution >= 0.6 is 0 Å². The van der Waals surface area contributed by atoms with Crippen LogP contribution in [0.25, 0.3) is 0 Å². The Morgan fingerprint density at radius 2 is 1.95 bits per heavy atom. The zero-order valence-electron chi connectivity index (χ0n) is 11.4. The summed E-state index contributed by atoms with van der Waals surface area (Å²) in [7, 11) is 2.18. The molecular weight excluding hydrogens is 240 g/mol. The molecule has 19 heavy (non-hydrogen) atoms. The molecule has 1 saturated carbocycles. The number of carboxylic acids is 1. The van der Waals surface area contributed by atoms with Crippen LogP contribution in [0.5, 0.6) is 0 Å². The van der Waals surface area contributed by atoms with E-state index in [9.17, 15) is 4.79 Å². The molecule has 1 aliphatic rings. The molecule has 0 spiro atoms. The van der Waals surface area contributed by atoms with Crippen LogP contribution in [-0.2, 0) is 17.8 Å². The Balaban J connectivity index is 1.66. The molecule has 0 unspecified atom stereocenters. The molecule has 4 heteroatoms. The first-order chi connectivity index (χ1) is 9.15. The average Bonchev–Trinajstić information content (AvgIpc) is 3.20. The third-order valence-corrected chi connectivity index (χ3v) is 3.52. The van der Waals surface area contributed by atoms with Gasteiger partial charge >= 0.3 is 5.97 Å². The van der Waals surface area contributed by atoms with Crippen molar-refractivity contribution in [1.29, 1.82) is 0 Å². The Morgan fingerprint density at radius 3 is 2.53 bits per heavy atom. The second-order valence-electron chi connectivity index (χ2n) is 5.28. The number of benzene rings is 1. The van der Waals surface area contributed by atoms with Gasteiger partial charge in [0.05, 0.1) is 6.42 Å². The zero-order valence-corrected chi connectivity index (χ0v) is 11.4. The summed E-state index contributed by atoms with van der Waals surface area (Å²) >= 11 is 0. The molecule has 0 atom stereocenters. The lowest BCUT2D eigenvalue weighted by atomic mass is 10.1. The third kappa shape index (κ3) is 5.01. The highest BCUT2D eigenvalue weighted by Crippen LogP contribution is 2.24. The van der Waals surface area contributed by atoms with E-state index in [0.717, 1.165) is 31.2 Å². The monoisotopic (exact) mass is 262 g/mol. The Morgan fingerprint density at radius 1 is 1.32 bits per heavy atom. The number of hydrogen-bond acceptors (Lipinski definition) is 3. The van der Waals surface area contributed by atoms with Crippen molar-refractivity contribution in [2.24, 2.45) is 0 Å². The van der Waals surface area contributed by atoms with Gasteiger partial charge in [-0.15, -0.1) is 0 Å². The van der Waals surface area contributed by atoms with Crippen molar-refractivity contribution in [3.05, 3.63) is 35.4 Å². The van der Waals surface area contributed by atoms with Crippen molar-refractivity contribution in [2.75, 3.05) is 20.1 Å². The minimum Gasteiger partial charge on any atom is -0.481 e. The zero-order chi connectivity index (χ0) is 13.7. The number of nitrogens with zero attached hydrogens (tertiary/aromatic N) is 1. The van der Waals surface area contributed by atoms with E-state index in [0.29, 0.717) is 0 Å². The van der Waals surface area contributed by atoms with Gasteiger partial charge in [-0.3, -0.25) is 4.79 Å². The van der Waals surface area contributed by atoms with Crippen molar-refractivity contribution in [2.45, 2.75) is 31.8 Å². The molecule has 0 aliphatic heterocycles. The van der Waals surface area contributed by atoms with Gasteiger partial charge in [0.1, 0.15) is 0 Å². The molecule has 0 radical (unpaired) electrons. The highest BCUT2D eigenvalue weighted by atomic mass is 16.4. The van der Waals surface area contributed by atoms with E-state index in [2.05, 4.69) is 17.3 Å². The standard InChI is InChI=1S/C15H22N2O2/c1-17(14-6-7-14)9-8-16-11-13-4-2-12(3-5-13)10-15(18)19/h2-5,14,16H,6-11H2,1H3,(H,18,19). The summed E-state index contributed by atoms with van der Waals surface area (Å²) in [5.41, 5.74) is 2.05. The number of carbonyl (C=O) groups is 1. The number of rotatable bonds is 8. The molecule has 1 aliphatic carbocycles. The molecule has 0 aromatic heterocycles. The second kappa shape index (κ2) is 6.68. The van der Waals surface area contributed by atoms with E-state index in [1.54, 1.807) is 0 Å². The van der Waals surface area contributed by atoms with Gasteiger partial charge in [-0.25, -0.2) is 0 Å². The molecule has 1 fully saturated rings. The molecule has 4 nitrogen and oxygen atoms in total. The molecule has 1 aromatic carbocycles. The van der Waals surface area contributed by atoms with Crippen LogP contribution in [0.4, 0.5) is 0 Å². The smallest absolute Gasteiger partial charge is 0.307 e. The topological polar surface area (TPSA) is 52.6 Å². The number of nitrogens with one attached hydrogen (secondary N) is 1. The summed E-state index contributed by atoms with van der Waals surface area (Å²) in [4.78, 5) is 13.0. The van der Waals surface area contributed by atoms with Crippen LogP contribution in [0.3, 0.4) is 0 Å². The van der Waals surface area contributed by atoms with E-state index >= 15 is 0 Å². The second-order valence-corrected chi connectivity index (χ2v) is 5.28. The van der Waals surface area contributed by atoms with Gasteiger partial charge in [-0.05, 0) is 31.0 Å². The van der Waals surface area contributed by atoms with Gasteiger partial charge < -0.3 is 15.3 Å². The van der Waals surface area contributed by atoms with Gasteiger partial charge in [0.2, 0.25) is 0 Å². The Kier molecular flexibility index (Phi) is 4.93. The summed E-state index contributed by atoms with van der Waals surface area (Å²) in [6.07, 6.45) is 2.79. The van der Waals surface area contributed by atoms with Crippen molar-refractivity contribution in [3.8, 4) is 0 Å². The molecule has 1 aromatic rings. The predicted molar refractivity (Wildman–Crippen MR) is 75.1 cm³/mol. The molecule has 0 amide bonds. The number of aliphatic carboxylic acids is 1. The lowest BCUT2D eigenvalue weighted by Crippen LogP contribution is -2.30. The van der Waals surface area contributed by atoms with Crippen LogP contribution in [0, 0.1) is 0 Å². The minimum atomic E-state index is -0.783. The Hall–Kier alpha value is -1.39. The largest absolute Gasteiger partial charge is 0.481 e. The Bertz CT molecular complexity index is 413. The van der Waals surface area contributed by atoms with E-state index < -0.39 is 5.97 Å². The fourth-order valence-electron chi connectivity index (χ4n) is 2.14. The predicted octanol–water partition coefficient (Wildman–Crippen LogP) is 1.50. The molecule has 2 N–H and O–H groups in total. The molecule has 104 valence electrons. The first-order valence-corrected chi connectivity index (χ1v) is 6.86. The van der Waals surface area contributed by atoms with Crippen LogP contribution in [0.2, 0.25) is 0 Å². The summed E-state index contributed by atoms with van der Waals surface area (Å²) in [6.45, 7) is 2.91. The van der Waals surface area contributed by atoms with Crippen molar-refractivity contribution in [3.63, 3.8) is 0 Å². The van der Waals surface area contributed by atoms with E-state index in [1.165, 1.54) is 18.4 Å². The number of likely N-dealkylation sites (N-methyl/N-ethyl adjacent to an activating group) is 1. The van der Waals surface area contributed by atoms with Crippen molar-refractivity contribution in [1.82, 2.24) is 10.2 Å². The first kappa shape index (κ1) is 14.0. The highest BCUT2D eigenvalue weighted by Gasteiger charge is 2.25. The van der Waals surface area contributed by atoms with Crippen LogP contribution in [0.15, 0.2) is 24.3 Å². The van der Waals surface area contributed by atoms with E-state index in [-0.39, 0.29) is 6.42 Å². The molecule has 0 heterocycles. The molecule has 0 bridgehead atoms. The van der Waals surface area contributed by atoms with Gasteiger partial charge in [0.15, 0.2) is 0 Å². The maximum atomic E-state index is 10.6. The van der Waals surface area contributed by atoms with Crippen molar-refractivity contribution >= 4 is 5.97 Å². The average molecular weight is 262 g/mol. The quantitative estimate of drug-likeness (QED) is 0.697. The van der Waals surface area contributed by atoms with E-state index in [4.69, 9.17) is 5.11 Å². The van der Waals surface area contributed by atoms with Gasteiger partial charge in [0.25, 0.3) is 0 Å². The minimum absolute atomic E-state index is 0.0971. The first-order valence-electron chi connectivity index (χ1n) is 6.86. The van der Waals surface area contributed by atoms with E-state index in [1.807, 2.05) is 24.3 Å². The normalized spacial score (nSPS) is 14.8. The fourth-order valence-corrected chi connectivity index (χ4v) is 2.14. The molecule has 2 rings (SSSR count). The third-order valence-electron chi connectivity index (χ3n) is 3.52. The maximum absolute atomic E-state index is 10.6. The number of hydrogen-bond donors (Lipinski definition) is 2. The van der Waals surface area contributed by atoms with Gasteiger partial charge in [0, 0.05) is 25.7 Å². The van der Waals surface area contributed by atoms with Crippen LogP contribution < -0.4 is 5.32 Å². The maximum Gasteiger partial charge on any atom is 0.307 e. The lowest BCUT2D eigenvalue weighted by molar-refractivity contribution is -0.136. The van der Waals surface area contributed by atoms with Crippen LogP contribution in [0.1, 0.15) is 24.0 Å². The summed E-state index contributed by atoms with van der Waals surface area (Å²) in [6, 6.07) is 8.59. The highest BCUT2D eigenvalue weighted by molar-refractivity contribution is 5.70. The number of carboxylic acid groups (broad SMARTS) is 1. The van der Waals surface area contributed by atoms with Gasteiger partial charge in [-0.1, -0.05) is 24.3 Å². The summed E-state index contributed by atoms with van der Waals surface area (Å²) < 4.78 is 0. The fraction of sp³-hybridized carbons (Fsp3) is 0.533. The Labute approximate surface area is 114 Å². The van der Waals surface area contributed by atoms with Crippen molar-refractivity contribution < 1.29 is 9.90 Å².